The van der Waals surface area contributed by atoms with Crippen molar-refractivity contribution in [2.24, 2.45) is 17.0 Å². The summed E-state index contributed by atoms with van der Waals surface area (Å²) >= 11 is 0. The van der Waals surface area contributed by atoms with Crippen molar-refractivity contribution in [1.82, 2.24) is 4.90 Å². The normalized spacial score (nSPS) is 22.7. The van der Waals surface area contributed by atoms with Crippen molar-refractivity contribution in [1.29, 1.82) is 0 Å². The zero-order valence-electron chi connectivity index (χ0n) is 21.5. The average molecular weight is 511 g/mol. The Balaban J connectivity index is 1.24. The Morgan fingerprint density at radius 3 is 2.27 bits per heavy atom. The number of hydrogen-bond donors (Lipinski definition) is 1. The van der Waals surface area contributed by atoms with Crippen molar-refractivity contribution < 1.29 is 28.6 Å². The number of carbonyl (C=O) groups is 1. The first kappa shape index (κ1) is 25.5. The van der Waals surface area contributed by atoms with E-state index in [1.165, 1.54) is 12.1 Å². The van der Waals surface area contributed by atoms with E-state index in [1.54, 1.807) is 12.1 Å². The fraction of sp³-hybridized carbons (Fsp3) is 0.517. The Morgan fingerprint density at radius 2 is 1.70 bits per heavy atom. The highest BCUT2D eigenvalue weighted by Gasteiger charge is 2.50. The van der Waals surface area contributed by atoms with Crippen LogP contribution in [0.25, 0.3) is 11.1 Å². The number of carboxylic acid groups (broad SMARTS) is 1. The van der Waals surface area contributed by atoms with E-state index >= 15 is 0 Å². The maximum absolute atomic E-state index is 13.5. The highest BCUT2D eigenvalue weighted by molar-refractivity contribution is 5.89. The third-order valence-electron chi connectivity index (χ3n) is 7.70. The number of hydrogen-bond acceptors (Lipinski definition) is 6. The van der Waals surface area contributed by atoms with Gasteiger partial charge in [0.05, 0.1) is 30.4 Å². The van der Waals surface area contributed by atoms with Gasteiger partial charge in [0.15, 0.2) is 5.60 Å². The second-order valence-corrected chi connectivity index (χ2v) is 10.4. The molecule has 0 radical (unpaired) electrons. The third-order valence-corrected chi connectivity index (χ3v) is 7.70. The van der Waals surface area contributed by atoms with Crippen LogP contribution < -0.4 is 9.47 Å². The fourth-order valence-corrected chi connectivity index (χ4v) is 5.93. The standard InChI is InChI=1S/C29H35FN2O5/c1-3-35-25-13-19(14-26(36-4-2)27(25)21-9-11-23(30)12-10-21)16-32-17-29(18-32)15-24(31-37-29)20-5-7-22(8-6-20)28(33)34/h9-14,20,22H,3-8,15-18H2,1-2H3,(H,33,34)/t20-,22-. The number of rotatable bonds is 9. The number of halogens is 1. The summed E-state index contributed by atoms with van der Waals surface area (Å²) in [6, 6.07) is 10.5. The van der Waals surface area contributed by atoms with Crippen LogP contribution in [0.4, 0.5) is 4.39 Å². The molecule has 2 aromatic carbocycles. The summed E-state index contributed by atoms with van der Waals surface area (Å²) in [6.07, 6.45) is 4.01. The summed E-state index contributed by atoms with van der Waals surface area (Å²) in [6.45, 7) is 7.23. The first-order valence-electron chi connectivity index (χ1n) is 13.3. The lowest BCUT2D eigenvalue weighted by Gasteiger charge is -2.45. The smallest absolute Gasteiger partial charge is 0.306 e. The molecule has 2 aromatic rings. The zero-order valence-corrected chi connectivity index (χ0v) is 21.5. The van der Waals surface area contributed by atoms with Gasteiger partial charge in [0.25, 0.3) is 0 Å². The molecule has 3 aliphatic rings. The molecule has 1 aliphatic carbocycles. The Morgan fingerprint density at radius 1 is 1.08 bits per heavy atom. The molecular weight excluding hydrogens is 475 g/mol. The van der Waals surface area contributed by atoms with E-state index < -0.39 is 5.97 Å². The van der Waals surface area contributed by atoms with Gasteiger partial charge in [0.1, 0.15) is 17.3 Å². The first-order valence-corrected chi connectivity index (χ1v) is 13.3. The van der Waals surface area contributed by atoms with Crippen molar-refractivity contribution >= 4 is 11.7 Å². The van der Waals surface area contributed by atoms with Crippen LogP contribution in [0.1, 0.15) is 51.5 Å². The SMILES string of the molecule is CCOc1cc(CN2CC3(CC([C@H]4CC[C@H](C(=O)O)CC4)=NO3)C2)cc(OCC)c1-c1ccc(F)cc1. The molecule has 2 heterocycles. The highest BCUT2D eigenvalue weighted by Crippen LogP contribution is 2.43. The van der Waals surface area contributed by atoms with Gasteiger partial charge in [-0.3, -0.25) is 9.69 Å². The van der Waals surface area contributed by atoms with Crippen LogP contribution in [0.5, 0.6) is 11.5 Å². The Labute approximate surface area is 217 Å². The monoisotopic (exact) mass is 510 g/mol. The Bertz CT molecular complexity index is 1120. The van der Waals surface area contributed by atoms with Gasteiger partial charge in [-0.15, -0.1) is 0 Å². The number of ether oxygens (including phenoxy) is 2. The van der Waals surface area contributed by atoms with Gasteiger partial charge in [-0.1, -0.05) is 17.3 Å². The van der Waals surface area contributed by atoms with E-state index in [0.717, 1.165) is 85.6 Å². The molecule has 5 rings (SSSR count). The molecule has 8 heteroatoms. The van der Waals surface area contributed by atoms with Crippen LogP contribution in [0, 0.1) is 17.7 Å². The van der Waals surface area contributed by atoms with Gasteiger partial charge in [0.2, 0.25) is 0 Å². The first-order chi connectivity index (χ1) is 17.9. The van der Waals surface area contributed by atoms with Crippen molar-refractivity contribution in [2.45, 2.75) is 58.1 Å². The van der Waals surface area contributed by atoms with Crippen LogP contribution in [-0.4, -0.2) is 53.6 Å². The zero-order chi connectivity index (χ0) is 26.0. The van der Waals surface area contributed by atoms with Crippen molar-refractivity contribution in [3.05, 3.63) is 47.8 Å². The number of likely N-dealkylation sites (tertiary alicyclic amines) is 1. The van der Waals surface area contributed by atoms with Crippen molar-refractivity contribution in [3.63, 3.8) is 0 Å². The summed E-state index contributed by atoms with van der Waals surface area (Å²) in [5.74, 6) is 0.613. The molecule has 2 aliphatic heterocycles. The molecule has 1 saturated carbocycles. The van der Waals surface area contributed by atoms with Gasteiger partial charge in [-0.05, 0) is 74.9 Å². The molecule has 0 bridgehead atoms. The predicted molar refractivity (Wildman–Crippen MR) is 138 cm³/mol. The molecule has 0 amide bonds. The van der Waals surface area contributed by atoms with E-state index in [9.17, 15) is 14.3 Å². The lowest BCUT2D eigenvalue weighted by atomic mass is 9.76. The Hall–Kier alpha value is -3.13. The minimum atomic E-state index is -0.681. The number of benzene rings is 2. The predicted octanol–water partition coefficient (Wildman–Crippen LogP) is 5.51. The largest absolute Gasteiger partial charge is 0.493 e. The van der Waals surface area contributed by atoms with E-state index in [4.69, 9.17) is 14.3 Å². The number of aliphatic carboxylic acids is 1. The number of oxime groups is 1. The summed E-state index contributed by atoms with van der Waals surface area (Å²) in [5.41, 5.74) is 3.60. The molecule has 198 valence electrons. The average Bonchev–Trinajstić information content (AvgIpc) is 3.31. The maximum Gasteiger partial charge on any atom is 0.306 e. The molecule has 7 nitrogen and oxygen atoms in total. The van der Waals surface area contributed by atoms with E-state index in [-0.39, 0.29) is 17.3 Å². The molecule has 1 saturated heterocycles. The van der Waals surface area contributed by atoms with E-state index in [1.807, 2.05) is 26.0 Å². The third kappa shape index (κ3) is 5.44. The van der Waals surface area contributed by atoms with E-state index in [0.29, 0.717) is 19.1 Å². The lowest BCUT2D eigenvalue weighted by Crippen LogP contribution is -2.61. The molecule has 2 fully saturated rings. The van der Waals surface area contributed by atoms with Crippen molar-refractivity contribution in [2.75, 3.05) is 26.3 Å². The molecule has 0 atom stereocenters. The van der Waals surface area contributed by atoms with Gasteiger partial charge in [0, 0.05) is 32.0 Å². The van der Waals surface area contributed by atoms with Crippen LogP contribution in [0.3, 0.4) is 0 Å². The maximum atomic E-state index is 13.5. The van der Waals surface area contributed by atoms with Gasteiger partial charge in [-0.2, -0.15) is 0 Å². The van der Waals surface area contributed by atoms with Gasteiger partial charge in [-0.25, -0.2) is 4.39 Å². The second kappa shape index (κ2) is 10.7. The van der Waals surface area contributed by atoms with Crippen molar-refractivity contribution in [3.8, 4) is 22.6 Å². The summed E-state index contributed by atoms with van der Waals surface area (Å²) in [4.78, 5) is 19.5. The topological polar surface area (TPSA) is 80.6 Å². The minimum absolute atomic E-state index is 0.218. The fourth-order valence-electron chi connectivity index (χ4n) is 5.93. The van der Waals surface area contributed by atoms with Crippen LogP contribution in [-0.2, 0) is 16.2 Å². The quantitative estimate of drug-likeness (QED) is 0.479. The molecule has 1 spiro atoms. The van der Waals surface area contributed by atoms with E-state index in [2.05, 4.69) is 10.1 Å². The van der Waals surface area contributed by atoms with Crippen LogP contribution >= 0.6 is 0 Å². The second-order valence-electron chi connectivity index (χ2n) is 10.4. The number of nitrogens with zero attached hydrogens (tertiary/aromatic N) is 2. The Kier molecular flexibility index (Phi) is 7.38. The van der Waals surface area contributed by atoms with Crippen LogP contribution in [0.2, 0.25) is 0 Å². The molecular formula is C29H35FN2O5. The highest BCUT2D eigenvalue weighted by atomic mass is 19.1. The van der Waals surface area contributed by atoms with Crippen LogP contribution in [0.15, 0.2) is 41.6 Å². The summed E-state index contributed by atoms with van der Waals surface area (Å²) in [7, 11) is 0. The minimum Gasteiger partial charge on any atom is -0.493 e. The molecule has 37 heavy (non-hydrogen) atoms. The summed E-state index contributed by atoms with van der Waals surface area (Å²) in [5, 5.41) is 13.7. The molecule has 0 aromatic heterocycles. The summed E-state index contributed by atoms with van der Waals surface area (Å²) < 4.78 is 25.6. The van der Waals surface area contributed by atoms with Gasteiger partial charge < -0.3 is 19.4 Å². The molecule has 1 N–H and O–H groups in total. The van der Waals surface area contributed by atoms with Gasteiger partial charge >= 0.3 is 5.97 Å². The molecule has 0 unspecified atom stereocenters. The number of carboxylic acids is 1. The lowest BCUT2D eigenvalue weighted by molar-refractivity contribution is -0.142.